The quantitative estimate of drug-likeness (QED) is 0.744. The monoisotopic (exact) mass is 407 g/mol. The number of aryl methyl sites for hydroxylation is 2. The number of H-pyrrole nitrogens is 1. The van der Waals surface area contributed by atoms with E-state index in [1.165, 1.54) is 16.9 Å². The predicted molar refractivity (Wildman–Crippen MR) is 109 cm³/mol. The smallest absolute Gasteiger partial charge is 0.259 e. The van der Waals surface area contributed by atoms with Crippen molar-refractivity contribution in [3.63, 3.8) is 0 Å². The number of aliphatic hydroxyl groups is 1. The van der Waals surface area contributed by atoms with Crippen LogP contribution in [0.2, 0.25) is 0 Å². The number of thioether (sulfide) groups is 1. The van der Waals surface area contributed by atoms with Crippen molar-refractivity contribution in [2.24, 2.45) is 0 Å². The Morgan fingerprint density at radius 1 is 1.33 bits per heavy atom. The SMILES string of the molecule is O=C(CCSCc1nc2sc3c(c2c(=O)[nH]1)CCCC3)N1CCCC(O)C1. The molecule has 8 heteroatoms. The lowest BCUT2D eigenvalue weighted by atomic mass is 9.97. The van der Waals surface area contributed by atoms with Gasteiger partial charge in [-0.15, -0.1) is 11.3 Å². The van der Waals surface area contributed by atoms with Crippen LogP contribution in [0.3, 0.4) is 0 Å². The molecule has 1 amide bonds. The Morgan fingerprint density at radius 3 is 3.04 bits per heavy atom. The van der Waals surface area contributed by atoms with Gasteiger partial charge in [-0.1, -0.05) is 0 Å². The maximum Gasteiger partial charge on any atom is 0.259 e. The van der Waals surface area contributed by atoms with E-state index in [1.807, 2.05) is 0 Å². The molecular weight excluding hydrogens is 382 g/mol. The number of carbonyl (C=O) groups is 1. The number of piperidine rings is 1. The molecule has 0 bridgehead atoms. The first-order valence-electron chi connectivity index (χ1n) is 9.69. The Balaban J connectivity index is 1.34. The summed E-state index contributed by atoms with van der Waals surface area (Å²) >= 11 is 3.28. The molecule has 2 N–H and O–H groups in total. The Morgan fingerprint density at radius 2 is 2.19 bits per heavy atom. The van der Waals surface area contributed by atoms with E-state index in [-0.39, 0.29) is 17.6 Å². The molecule has 2 aliphatic rings. The number of likely N-dealkylation sites (tertiary alicyclic amines) is 1. The zero-order valence-corrected chi connectivity index (χ0v) is 17.0. The number of amides is 1. The maximum absolute atomic E-state index is 12.5. The van der Waals surface area contributed by atoms with Crippen LogP contribution in [-0.2, 0) is 23.4 Å². The first-order valence-corrected chi connectivity index (χ1v) is 11.7. The minimum atomic E-state index is -0.382. The van der Waals surface area contributed by atoms with Crippen molar-refractivity contribution in [3.8, 4) is 0 Å². The summed E-state index contributed by atoms with van der Waals surface area (Å²) < 4.78 is 0. The molecule has 2 aromatic rings. The number of rotatable bonds is 5. The fraction of sp³-hybridized carbons (Fsp3) is 0.632. The number of nitrogens with zero attached hydrogens (tertiary/aromatic N) is 2. The standard InChI is InChI=1S/C19H25N3O3S2/c23-12-4-3-8-22(10-12)16(24)7-9-26-11-15-20-18(25)17-13-5-1-2-6-14(13)27-19(17)21-15/h12,23H,1-11H2,(H,20,21,25). The lowest BCUT2D eigenvalue weighted by Crippen LogP contribution is -2.42. The average Bonchev–Trinajstić information content (AvgIpc) is 3.04. The lowest BCUT2D eigenvalue weighted by Gasteiger charge is -2.30. The molecule has 2 aromatic heterocycles. The minimum Gasteiger partial charge on any atom is -0.391 e. The predicted octanol–water partition coefficient (Wildman–Crippen LogP) is 2.47. The molecule has 6 nitrogen and oxygen atoms in total. The van der Waals surface area contributed by atoms with E-state index >= 15 is 0 Å². The van der Waals surface area contributed by atoms with E-state index in [9.17, 15) is 14.7 Å². The number of hydrogen-bond acceptors (Lipinski definition) is 6. The third-order valence-electron chi connectivity index (χ3n) is 5.32. The van der Waals surface area contributed by atoms with E-state index in [1.54, 1.807) is 28.0 Å². The molecule has 27 heavy (non-hydrogen) atoms. The fourth-order valence-electron chi connectivity index (χ4n) is 3.94. The molecule has 0 aromatic carbocycles. The summed E-state index contributed by atoms with van der Waals surface area (Å²) in [5, 5.41) is 10.5. The Kier molecular flexibility index (Phi) is 5.85. The van der Waals surface area contributed by atoms with Crippen molar-refractivity contribution in [1.29, 1.82) is 0 Å². The number of aromatic amines is 1. The van der Waals surface area contributed by atoms with Crippen LogP contribution in [-0.4, -0.2) is 50.8 Å². The average molecular weight is 408 g/mol. The highest BCUT2D eigenvalue weighted by molar-refractivity contribution is 7.98. The Hall–Kier alpha value is -1.38. The van der Waals surface area contributed by atoms with Crippen LogP contribution < -0.4 is 5.56 Å². The van der Waals surface area contributed by atoms with Crippen LogP contribution in [0.15, 0.2) is 4.79 Å². The van der Waals surface area contributed by atoms with Gasteiger partial charge < -0.3 is 15.0 Å². The van der Waals surface area contributed by atoms with Crippen molar-refractivity contribution in [3.05, 3.63) is 26.6 Å². The number of β-amino-alcohol motifs (C(OH)–C–C–N with tert-alkyl or cyclic N) is 1. The van der Waals surface area contributed by atoms with E-state index in [2.05, 4.69) is 9.97 Å². The van der Waals surface area contributed by atoms with E-state index in [4.69, 9.17) is 0 Å². The molecule has 1 atom stereocenters. The highest BCUT2D eigenvalue weighted by Gasteiger charge is 2.22. The number of nitrogens with one attached hydrogen (secondary N) is 1. The van der Waals surface area contributed by atoms with Gasteiger partial charge in [-0.25, -0.2) is 4.98 Å². The van der Waals surface area contributed by atoms with Crippen molar-refractivity contribution >= 4 is 39.2 Å². The second-order valence-corrected chi connectivity index (χ2v) is 9.53. The summed E-state index contributed by atoms with van der Waals surface area (Å²) in [5.41, 5.74) is 1.19. The van der Waals surface area contributed by atoms with Gasteiger partial charge >= 0.3 is 0 Å². The second-order valence-electron chi connectivity index (χ2n) is 7.34. The molecule has 1 unspecified atom stereocenters. The Bertz CT molecular complexity index is 892. The molecular formula is C19H25N3O3S2. The van der Waals surface area contributed by atoms with Crippen LogP contribution in [0, 0.1) is 0 Å². The summed E-state index contributed by atoms with van der Waals surface area (Å²) in [6.07, 6.45) is 6.13. The molecule has 1 aliphatic heterocycles. The van der Waals surface area contributed by atoms with Gasteiger partial charge in [0.2, 0.25) is 5.91 Å². The maximum atomic E-state index is 12.5. The number of aromatic nitrogens is 2. The molecule has 3 heterocycles. The van der Waals surface area contributed by atoms with E-state index in [0.717, 1.165) is 48.9 Å². The van der Waals surface area contributed by atoms with Crippen LogP contribution in [0.4, 0.5) is 0 Å². The van der Waals surface area contributed by atoms with E-state index in [0.29, 0.717) is 30.3 Å². The van der Waals surface area contributed by atoms with Crippen molar-refractivity contribution in [2.75, 3.05) is 18.8 Å². The molecule has 146 valence electrons. The van der Waals surface area contributed by atoms with Gasteiger partial charge in [0, 0.05) is 30.1 Å². The Labute approximate surface area is 166 Å². The topological polar surface area (TPSA) is 86.3 Å². The van der Waals surface area contributed by atoms with Crippen LogP contribution in [0.5, 0.6) is 0 Å². The van der Waals surface area contributed by atoms with Gasteiger partial charge in [-0.05, 0) is 44.1 Å². The first-order chi connectivity index (χ1) is 13.1. The van der Waals surface area contributed by atoms with Gasteiger partial charge in [-0.2, -0.15) is 11.8 Å². The number of aliphatic hydroxyl groups excluding tert-OH is 1. The van der Waals surface area contributed by atoms with Gasteiger partial charge in [0.05, 0.1) is 17.2 Å². The lowest BCUT2D eigenvalue weighted by molar-refractivity contribution is -0.133. The first kappa shape index (κ1) is 19.0. The molecule has 1 aliphatic carbocycles. The highest BCUT2D eigenvalue weighted by Crippen LogP contribution is 2.33. The highest BCUT2D eigenvalue weighted by atomic mass is 32.2. The molecule has 0 radical (unpaired) electrons. The summed E-state index contributed by atoms with van der Waals surface area (Å²) in [6, 6.07) is 0. The molecule has 0 saturated carbocycles. The fourth-order valence-corrected chi connectivity index (χ4v) is 6.02. The largest absolute Gasteiger partial charge is 0.391 e. The third kappa shape index (κ3) is 4.22. The summed E-state index contributed by atoms with van der Waals surface area (Å²) in [6.45, 7) is 1.20. The molecule has 1 saturated heterocycles. The molecule has 4 rings (SSSR count). The minimum absolute atomic E-state index is 0.0200. The molecule has 0 spiro atoms. The van der Waals surface area contributed by atoms with Gasteiger partial charge in [0.1, 0.15) is 10.7 Å². The van der Waals surface area contributed by atoms with Crippen LogP contribution in [0.25, 0.3) is 10.2 Å². The van der Waals surface area contributed by atoms with Crippen molar-refractivity contribution in [1.82, 2.24) is 14.9 Å². The molecule has 1 fully saturated rings. The van der Waals surface area contributed by atoms with Crippen molar-refractivity contribution < 1.29 is 9.90 Å². The number of fused-ring (bicyclic) bond motifs is 3. The van der Waals surface area contributed by atoms with Crippen LogP contribution in [0.1, 0.15) is 48.4 Å². The summed E-state index contributed by atoms with van der Waals surface area (Å²) in [7, 11) is 0. The third-order valence-corrected chi connectivity index (χ3v) is 7.48. The zero-order valence-electron chi connectivity index (χ0n) is 15.3. The van der Waals surface area contributed by atoms with Gasteiger partial charge in [0.15, 0.2) is 0 Å². The van der Waals surface area contributed by atoms with E-state index < -0.39 is 0 Å². The number of hydrogen-bond donors (Lipinski definition) is 2. The normalized spacial score (nSPS) is 20.0. The second kappa shape index (κ2) is 8.32. The number of thiophene rings is 1. The van der Waals surface area contributed by atoms with Crippen molar-refractivity contribution in [2.45, 2.75) is 56.8 Å². The van der Waals surface area contributed by atoms with Gasteiger partial charge in [-0.3, -0.25) is 9.59 Å². The summed E-state index contributed by atoms with van der Waals surface area (Å²) in [4.78, 5) is 36.3. The van der Waals surface area contributed by atoms with Gasteiger partial charge in [0.25, 0.3) is 5.56 Å². The zero-order chi connectivity index (χ0) is 18.8. The van der Waals surface area contributed by atoms with Crippen LogP contribution >= 0.6 is 23.1 Å². The summed E-state index contributed by atoms with van der Waals surface area (Å²) in [5.74, 6) is 2.08. The number of carbonyl (C=O) groups excluding carboxylic acids is 1.